The van der Waals surface area contributed by atoms with E-state index in [9.17, 15) is 9.59 Å². The van der Waals surface area contributed by atoms with E-state index in [1.165, 1.54) is 18.2 Å². The van der Waals surface area contributed by atoms with Gasteiger partial charge >= 0.3 is 12.0 Å². The fourth-order valence-corrected chi connectivity index (χ4v) is 1.68. The maximum absolute atomic E-state index is 11.9. The van der Waals surface area contributed by atoms with Crippen molar-refractivity contribution in [2.75, 3.05) is 18.4 Å². The molecule has 8 heteroatoms. The number of carbonyl (C=O) groups excluding carboxylic acids is 1. The van der Waals surface area contributed by atoms with E-state index in [-0.39, 0.29) is 18.0 Å². The quantitative estimate of drug-likeness (QED) is 0.873. The van der Waals surface area contributed by atoms with Gasteiger partial charge in [-0.2, -0.15) is 5.26 Å². The molecule has 0 unspecified atom stereocenters. The predicted molar refractivity (Wildman–Crippen MR) is 74.9 cm³/mol. The van der Waals surface area contributed by atoms with E-state index in [0.29, 0.717) is 10.7 Å². The number of halogens is 2. The Balaban J connectivity index is 2.76. The summed E-state index contributed by atoms with van der Waals surface area (Å²) in [5.74, 6) is -1.16. The van der Waals surface area contributed by atoms with Gasteiger partial charge in [0.2, 0.25) is 0 Å². The predicted octanol–water partition coefficient (Wildman–Crippen LogP) is 2.83. The smallest absolute Gasteiger partial charge is 0.323 e. The van der Waals surface area contributed by atoms with Gasteiger partial charge in [0, 0.05) is 12.2 Å². The summed E-state index contributed by atoms with van der Waals surface area (Å²) in [6.45, 7) is -0.467. The molecule has 0 heterocycles. The van der Waals surface area contributed by atoms with Gasteiger partial charge in [-0.1, -0.05) is 23.2 Å². The number of carboxylic acids is 1. The normalized spacial score (nSPS) is 9.65. The third kappa shape index (κ3) is 4.96. The number of benzene rings is 1. The second-order valence-corrected chi connectivity index (χ2v) is 4.60. The zero-order valence-corrected chi connectivity index (χ0v) is 11.8. The molecule has 0 aromatic heterocycles. The lowest BCUT2D eigenvalue weighted by molar-refractivity contribution is -0.137. The zero-order valence-electron chi connectivity index (χ0n) is 10.3. The van der Waals surface area contributed by atoms with Gasteiger partial charge in [0.05, 0.1) is 22.5 Å². The van der Waals surface area contributed by atoms with Gasteiger partial charge in [-0.05, 0) is 18.2 Å². The van der Waals surface area contributed by atoms with Crippen LogP contribution in [0.2, 0.25) is 10.0 Å². The number of rotatable bonds is 5. The number of aliphatic carboxylic acids is 1. The van der Waals surface area contributed by atoms with Crippen LogP contribution in [0.5, 0.6) is 0 Å². The van der Waals surface area contributed by atoms with Gasteiger partial charge in [0.25, 0.3) is 0 Å². The van der Waals surface area contributed by atoms with Crippen LogP contribution < -0.4 is 5.32 Å². The van der Waals surface area contributed by atoms with Gasteiger partial charge in [0.1, 0.15) is 6.54 Å². The summed E-state index contributed by atoms with van der Waals surface area (Å²) in [7, 11) is 0. The fourth-order valence-electron chi connectivity index (χ4n) is 1.38. The van der Waals surface area contributed by atoms with Gasteiger partial charge < -0.3 is 15.3 Å². The van der Waals surface area contributed by atoms with Gasteiger partial charge in [0.15, 0.2) is 0 Å². The summed E-state index contributed by atoms with van der Waals surface area (Å²) in [6, 6.07) is 5.73. The Kier molecular flexibility index (Phi) is 6.10. The first-order valence-electron chi connectivity index (χ1n) is 5.53. The lowest BCUT2D eigenvalue weighted by atomic mass is 10.3. The first kappa shape index (κ1) is 16.1. The highest BCUT2D eigenvalue weighted by Gasteiger charge is 2.16. The van der Waals surface area contributed by atoms with Crippen molar-refractivity contribution in [2.45, 2.75) is 6.42 Å². The molecule has 1 rings (SSSR count). The molecule has 0 saturated carbocycles. The minimum absolute atomic E-state index is 0.0238. The Morgan fingerprint density at radius 3 is 2.60 bits per heavy atom. The fraction of sp³-hybridized carbons (Fsp3) is 0.250. The summed E-state index contributed by atoms with van der Waals surface area (Å²) in [4.78, 5) is 23.6. The average molecular weight is 316 g/mol. The number of nitrogens with one attached hydrogen (secondary N) is 1. The Morgan fingerprint density at radius 1 is 1.35 bits per heavy atom. The average Bonchev–Trinajstić information content (AvgIpc) is 2.38. The molecule has 0 bridgehead atoms. The summed E-state index contributed by atoms with van der Waals surface area (Å²) < 4.78 is 0. The molecule has 6 nitrogen and oxygen atoms in total. The van der Waals surface area contributed by atoms with Gasteiger partial charge in [-0.15, -0.1) is 0 Å². The van der Waals surface area contributed by atoms with Crippen LogP contribution in [0.25, 0.3) is 0 Å². The number of anilines is 1. The summed E-state index contributed by atoms with van der Waals surface area (Å²) >= 11 is 11.6. The number of urea groups is 1. The highest BCUT2D eigenvalue weighted by Crippen LogP contribution is 2.25. The van der Waals surface area contributed by atoms with Crippen molar-refractivity contribution in [3.8, 4) is 6.07 Å². The van der Waals surface area contributed by atoms with Crippen molar-refractivity contribution in [3.63, 3.8) is 0 Å². The number of nitrogens with zero attached hydrogens (tertiary/aromatic N) is 2. The van der Waals surface area contributed by atoms with E-state index < -0.39 is 18.5 Å². The van der Waals surface area contributed by atoms with Crippen LogP contribution in [-0.2, 0) is 4.79 Å². The van der Waals surface area contributed by atoms with Crippen LogP contribution in [0, 0.1) is 11.3 Å². The van der Waals surface area contributed by atoms with E-state index in [1.54, 1.807) is 0 Å². The lowest BCUT2D eigenvalue weighted by Crippen LogP contribution is -2.39. The topological polar surface area (TPSA) is 93.4 Å². The molecule has 2 N–H and O–H groups in total. The minimum Gasteiger partial charge on any atom is -0.480 e. The van der Waals surface area contributed by atoms with Crippen LogP contribution in [-0.4, -0.2) is 35.1 Å². The molecule has 106 valence electrons. The van der Waals surface area contributed by atoms with Crippen LogP contribution >= 0.6 is 23.2 Å². The number of carboxylic acid groups (broad SMARTS) is 1. The van der Waals surface area contributed by atoms with Crippen molar-refractivity contribution >= 4 is 40.9 Å². The van der Waals surface area contributed by atoms with E-state index in [2.05, 4.69) is 5.32 Å². The number of hydrogen-bond donors (Lipinski definition) is 2. The first-order chi connectivity index (χ1) is 9.43. The summed E-state index contributed by atoms with van der Waals surface area (Å²) in [5.41, 5.74) is 0.386. The summed E-state index contributed by atoms with van der Waals surface area (Å²) in [6.07, 6.45) is 0.0437. The molecule has 0 spiro atoms. The molecule has 0 saturated heterocycles. The molecule has 0 aliphatic heterocycles. The van der Waals surface area contributed by atoms with E-state index in [4.69, 9.17) is 33.6 Å². The van der Waals surface area contributed by atoms with Crippen molar-refractivity contribution < 1.29 is 14.7 Å². The minimum atomic E-state index is -1.16. The van der Waals surface area contributed by atoms with Crippen molar-refractivity contribution in [3.05, 3.63) is 28.2 Å². The highest BCUT2D eigenvalue weighted by atomic mass is 35.5. The monoisotopic (exact) mass is 315 g/mol. The molecular formula is C12H11Cl2N3O3. The molecule has 2 amide bonds. The molecule has 1 aromatic rings. The lowest BCUT2D eigenvalue weighted by Gasteiger charge is -2.20. The Bertz CT molecular complexity index is 557. The zero-order chi connectivity index (χ0) is 15.1. The van der Waals surface area contributed by atoms with E-state index >= 15 is 0 Å². The molecule has 0 atom stereocenters. The third-order valence-corrected chi connectivity index (χ3v) is 3.02. The Hall–Kier alpha value is -1.97. The molecule has 0 aliphatic carbocycles. The number of hydrogen-bond acceptors (Lipinski definition) is 3. The van der Waals surface area contributed by atoms with Crippen LogP contribution in [0.3, 0.4) is 0 Å². The second-order valence-electron chi connectivity index (χ2n) is 3.78. The Labute approximate surface area is 125 Å². The molecule has 0 aliphatic rings. The van der Waals surface area contributed by atoms with Crippen LogP contribution in [0.15, 0.2) is 18.2 Å². The molecule has 0 fully saturated rings. The molecule has 20 heavy (non-hydrogen) atoms. The largest absolute Gasteiger partial charge is 0.480 e. The highest BCUT2D eigenvalue weighted by molar-refractivity contribution is 6.42. The standard InChI is InChI=1S/C12H11Cl2N3O3/c13-9-3-2-8(6-10(9)14)16-12(20)17(5-1-4-15)7-11(18)19/h2-3,6H,1,5,7H2,(H,16,20)(H,18,19). The number of nitriles is 1. The van der Waals surface area contributed by atoms with Gasteiger partial charge in [-0.3, -0.25) is 4.79 Å². The molecular weight excluding hydrogens is 305 g/mol. The molecule has 0 radical (unpaired) electrons. The van der Waals surface area contributed by atoms with E-state index in [0.717, 1.165) is 4.90 Å². The van der Waals surface area contributed by atoms with Crippen molar-refractivity contribution in [1.82, 2.24) is 4.90 Å². The van der Waals surface area contributed by atoms with Crippen molar-refractivity contribution in [2.24, 2.45) is 0 Å². The SMILES string of the molecule is N#CCCN(CC(=O)O)C(=O)Nc1ccc(Cl)c(Cl)c1. The maximum Gasteiger partial charge on any atom is 0.323 e. The Morgan fingerprint density at radius 2 is 2.05 bits per heavy atom. The first-order valence-corrected chi connectivity index (χ1v) is 6.29. The maximum atomic E-state index is 11.9. The number of carbonyl (C=O) groups is 2. The second kappa shape index (κ2) is 7.58. The van der Waals surface area contributed by atoms with E-state index in [1.807, 2.05) is 6.07 Å². The number of amides is 2. The van der Waals surface area contributed by atoms with Crippen molar-refractivity contribution in [1.29, 1.82) is 5.26 Å². The van der Waals surface area contributed by atoms with Gasteiger partial charge in [-0.25, -0.2) is 4.79 Å². The summed E-state index contributed by atoms with van der Waals surface area (Å²) in [5, 5.41) is 20.3. The van der Waals surface area contributed by atoms with Crippen LogP contribution in [0.4, 0.5) is 10.5 Å². The molecule has 1 aromatic carbocycles. The third-order valence-electron chi connectivity index (χ3n) is 2.28. The van der Waals surface area contributed by atoms with Crippen LogP contribution in [0.1, 0.15) is 6.42 Å².